The molecule has 0 aromatic carbocycles. The van der Waals surface area contributed by atoms with Gasteiger partial charge in [-0.25, -0.2) is 0 Å². The first-order valence-corrected chi connectivity index (χ1v) is 4.42. The quantitative estimate of drug-likeness (QED) is 0.626. The maximum absolute atomic E-state index is 9.59. The van der Waals surface area contributed by atoms with Gasteiger partial charge in [0, 0.05) is 0 Å². The molecule has 0 aliphatic rings. The Morgan fingerprint density at radius 1 is 1.58 bits per heavy atom. The van der Waals surface area contributed by atoms with E-state index >= 15 is 0 Å². The van der Waals surface area contributed by atoms with Crippen LogP contribution in [0.2, 0.25) is 0 Å². The molecule has 1 unspecified atom stereocenters. The van der Waals surface area contributed by atoms with Gasteiger partial charge in [0.15, 0.2) is 0 Å². The maximum Gasteiger partial charge on any atom is 0.0800 e. The lowest BCUT2D eigenvalue weighted by Gasteiger charge is -2.19. The number of hydrogen-bond acceptors (Lipinski definition) is 1. The van der Waals surface area contributed by atoms with Crippen LogP contribution in [-0.4, -0.2) is 10.7 Å². The molecule has 0 saturated carbocycles. The third-order valence-corrected chi connectivity index (χ3v) is 2.21. The lowest BCUT2D eigenvalue weighted by Crippen LogP contribution is -2.20. The summed E-state index contributed by atoms with van der Waals surface area (Å²) in [4.78, 5) is 0. The molecular formula is C11H20O. The van der Waals surface area contributed by atoms with Crippen molar-refractivity contribution in [3.8, 4) is 0 Å². The van der Waals surface area contributed by atoms with Crippen molar-refractivity contribution in [2.24, 2.45) is 5.92 Å². The van der Waals surface area contributed by atoms with Gasteiger partial charge in [0.05, 0.1) is 5.60 Å². The van der Waals surface area contributed by atoms with Gasteiger partial charge in [0.2, 0.25) is 0 Å². The summed E-state index contributed by atoms with van der Waals surface area (Å²) < 4.78 is 0. The van der Waals surface area contributed by atoms with Gasteiger partial charge in [-0.2, -0.15) is 0 Å². The van der Waals surface area contributed by atoms with Crippen LogP contribution in [0.4, 0.5) is 0 Å². The standard InChI is InChI=1S/C11H20O/c1-6-11(5,12)8-7-10(4)9(2)3/h6,9,12H,1,4,7-8H2,2-3,5H3. The van der Waals surface area contributed by atoms with Crippen molar-refractivity contribution in [2.45, 2.75) is 39.2 Å². The minimum atomic E-state index is -0.738. The van der Waals surface area contributed by atoms with E-state index in [1.807, 2.05) is 0 Å². The zero-order valence-electron chi connectivity index (χ0n) is 8.43. The van der Waals surface area contributed by atoms with Crippen LogP contribution in [0, 0.1) is 5.92 Å². The van der Waals surface area contributed by atoms with Crippen molar-refractivity contribution in [3.63, 3.8) is 0 Å². The predicted molar refractivity (Wildman–Crippen MR) is 54.0 cm³/mol. The first-order valence-electron chi connectivity index (χ1n) is 4.42. The fourth-order valence-corrected chi connectivity index (χ4v) is 0.804. The minimum Gasteiger partial charge on any atom is -0.386 e. The second-order valence-electron chi connectivity index (χ2n) is 3.87. The van der Waals surface area contributed by atoms with Crippen LogP contribution in [0.15, 0.2) is 24.8 Å². The van der Waals surface area contributed by atoms with Gasteiger partial charge in [-0.3, -0.25) is 0 Å². The Morgan fingerprint density at radius 3 is 2.42 bits per heavy atom. The Kier molecular flexibility index (Phi) is 4.25. The second kappa shape index (κ2) is 4.46. The average Bonchev–Trinajstić information content (AvgIpc) is 2.00. The minimum absolute atomic E-state index is 0.505. The highest BCUT2D eigenvalue weighted by atomic mass is 16.3. The van der Waals surface area contributed by atoms with Crippen molar-refractivity contribution in [1.29, 1.82) is 0 Å². The van der Waals surface area contributed by atoms with Crippen LogP contribution in [0.25, 0.3) is 0 Å². The fourth-order valence-electron chi connectivity index (χ4n) is 0.804. The highest BCUT2D eigenvalue weighted by Gasteiger charge is 2.15. The van der Waals surface area contributed by atoms with E-state index in [9.17, 15) is 5.11 Å². The van der Waals surface area contributed by atoms with Crippen molar-refractivity contribution >= 4 is 0 Å². The normalized spacial score (nSPS) is 15.8. The molecule has 0 fully saturated rings. The predicted octanol–water partition coefficient (Wildman–Crippen LogP) is 2.92. The topological polar surface area (TPSA) is 20.2 Å². The van der Waals surface area contributed by atoms with Gasteiger partial charge < -0.3 is 5.11 Å². The molecule has 0 aliphatic heterocycles. The van der Waals surface area contributed by atoms with Crippen LogP contribution in [0.5, 0.6) is 0 Å². The fraction of sp³-hybridized carbons (Fsp3) is 0.636. The molecule has 0 amide bonds. The Morgan fingerprint density at radius 2 is 2.08 bits per heavy atom. The number of rotatable bonds is 5. The zero-order chi connectivity index (χ0) is 9.78. The van der Waals surface area contributed by atoms with E-state index in [-0.39, 0.29) is 0 Å². The number of aliphatic hydroxyl groups is 1. The monoisotopic (exact) mass is 168 g/mol. The molecule has 12 heavy (non-hydrogen) atoms. The largest absolute Gasteiger partial charge is 0.386 e. The molecule has 0 spiro atoms. The second-order valence-corrected chi connectivity index (χ2v) is 3.87. The van der Waals surface area contributed by atoms with E-state index < -0.39 is 5.60 Å². The molecule has 0 aliphatic carbocycles. The van der Waals surface area contributed by atoms with E-state index in [1.165, 1.54) is 5.57 Å². The summed E-state index contributed by atoms with van der Waals surface area (Å²) in [5.41, 5.74) is 0.454. The Bertz CT molecular complexity index is 166. The molecule has 0 rings (SSSR count). The van der Waals surface area contributed by atoms with E-state index in [4.69, 9.17) is 0 Å². The lowest BCUT2D eigenvalue weighted by molar-refractivity contribution is 0.102. The molecule has 0 aromatic rings. The summed E-state index contributed by atoms with van der Waals surface area (Å²) in [5, 5.41) is 9.59. The van der Waals surface area contributed by atoms with Crippen LogP contribution in [-0.2, 0) is 0 Å². The smallest absolute Gasteiger partial charge is 0.0800 e. The van der Waals surface area contributed by atoms with E-state index in [0.29, 0.717) is 12.3 Å². The Labute approximate surface area is 75.8 Å². The summed E-state index contributed by atoms with van der Waals surface area (Å²) in [5.74, 6) is 0.505. The van der Waals surface area contributed by atoms with E-state index in [2.05, 4.69) is 27.0 Å². The van der Waals surface area contributed by atoms with Crippen LogP contribution in [0.1, 0.15) is 33.6 Å². The van der Waals surface area contributed by atoms with Crippen LogP contribution < -0.4 is 0 Å². The molecule has 0 bridgehead atoms. The van der Waals surface area contributed by atoms with Gasteiger partial charge in [-0.1, -0.05) is 32.1 Å². The summed E-state index contributed by atoms with van der Waals surface area (Å²) in [6.45, 7) is 13.5. The SMILES string of the molecule is C=CC(C)(O)CCC(=C)C(C)C. The molecule has 1 nitrogen and oxygen atoms in total. The molecule has 0 radical (unpaired) electrons. The summed E-state index contributed by atoms with van der Waals surface area (Å²) in [7, 11) is 0. The van der Waals surface area contributed by atoms with E-state index in [1.54, 1.807) is 13.0 Å². The molecule has 70 valence electrons. The first-order chi connectivity index (χ1) is 5.39. The molecule has 0 heterocycles. The third-order valence-electron chi connectivity index (χ3n) is 2.21. The molecule has 1 heteroatoms. The molecule has 0 saturated heterocycles. The summed E-state index contributed by atoms with van der Waals surface area (Å²) >= 11 is 0. The van der Waals surface area contributed by atoms with Gasteiger partial charge in [-0.15, -0.1) is 6.58 Å². The maximum atomic E-state index is 9.59. The first kappa shape index (κ1) is 11.4. The molecule has 0 aromatic heterocycles. The highest BCUT2D eigenvalue weighted by molar-refractivity contribution is 5.01. The zero-order valence-corrected chi connectivity index (χ0v) is 8.43. The van der Waals surface area contributed by atoms with Crippen LogP contribution >= 0.6 is 0 Å². The van der Waals surface area contributed by atoms with Gasteiger partial charge in [0.25, 0.3) is 0 Å². The Hall–Kier alpha value is -0.560. The summed E-state index contributed by atoms with van der Waals surface area (Å²) in [6.07, 6.45) is 3.17. The Balaban J connectivity index is 3.83. The third kappa shape index (κ3) is 4.35. The van der Waals surface area contributed by atoms with Crippen molar-refractivity contribution in [3.05, 3.63) is 24.8 Å². The highest BCUT2D eigenvalue weighted by Crippen LogP contribution is 2.20. The number of allylic oxidation sites excluding steroid dienone is 1. The lowest BCUT2D eigenvalue weighted by atomic mass is 9.93. The van der Waals surface area contributed by atoms with Gasteiger partial charge in [-0.05, 0) is 25.7 Å². The molecule has 1 atom stereocenters. The molecular weight excluding hydrogens is 148 g/mol. The van der Waals surface area contributed by atoms with Crippen LogP contribution in [0.3, 0.4) is 0 Å². The van der Waals surface area contributed by atoms with Gasteiger partial charge in [0.1, 0.15) is 0 Å². The average molecular weight is 168 g/mol. The van der Waals surface area contributed by atoms with Gasteiger partial charge >= 0.3 is 0 Å². The van der Waals surface area contributed by atoms with Crippen molar-refractivity contribution in [1.82, 2.24) is 0 Å². The molecule has 1 N–H and O–H groups in total. The number of hydrogen-bond donors (Lipinski definition) is 1. The van der Waals surface area contributed by atoms with E-state index in [0.717, 1.165) is 6.42 Å². The summed E-state index contributed by atoms with van der Waals surface area (Å²) in [6, 6.07) is 0. The van der Waals surface area contributed by atoms with Crippen molar-refractivity contribution in [2.75, 3.05) is 0 Å². The van der Waals surface area contributed by atoms with Crippen molar-refractivity contribution < 1.29 is 5.11 Å².